The third-order valence-corrected chi connectivity index (χ3v) is 8.64. The Balaban J connectivity index is 1.08. The summed E-state index contributed by atoms with van der Waals surface area (Å²) in [6, 6.07) is 14.7. The molecule has 0 radical (unpaired) electrons. The standard InChI is InChI=1S/C34H39N5O6/c1-38(20-31(40)39-19-23(16-25(39)18-35)33(42)36-24-5-3-2-4-6-24)34(43)28(15-21-7-8-21)37-32(41)22-9-14-29(44-26-10-11-26)30(17-22)45-27-12-13-27/h2-6,9,14,17,21,23,25-28H,7-8,10-13,15-16,19-20H2,1H3,(H,36,42)(H,37,41). The van der Waals surface area contributed by atoms with E-state index in [4.69, 9.17) is 9.47 Å². The summed E-state index contributed by atoms with van der Waals surface area (Å²) in [6.07, 6.45) is 6.93. The molecule has 11 nitrogen and oxygen atoms in total. The van der Waals surface area contributed by atoms with Crippen LogP contribution in [0.5, 0.6) is 11.5 Å². The maximum atomic E-state index is 13.6. The quantitative estimate of drug-likeness (QED) is 0.352. The summed E-state index contributed by atoms with van der Waals surface area (Å²) in [5, 5.41) is 15.5. The lowest BCUT2D eigenvalue weighted by molar-refractivity contribution is -0.140. The Hall–Kier alpha value is -4.59. The van der Waals surface area contributed by atoms with Crippen LogP contribution in [0.2, 0.25) is 0 Å². The maximum Gasteiger partial charge on any atom is 0.252 e. The molecule has 1 saturated heterocycles. The van der Waals surface area contributed by atoms with Crippen molar-refractivity contribution in [2.75, 3.05) is 25.5 Å². The second-order valence-corrected chi connectivity index (χ2v) is 12.7. The van der Waals surface area contributed by atoms with E-state index in [1.165, 1.54) is 16.8 Å². The highest BCUT2D eigenvalue weighted by Crippen LogP contribution is 2.38. The first-order valence-corrected chi connectivity index (χ1v) is 15.9. The number of carbonyl (C=O) groups is 4. The molecule has 6 rings (SSSR count). The van der Waals surface area contributed by atoms with E-state index in [-0.39, 0.29) is 43.5 Å². The van der Waals surface area contributed by atoms with Crippen molar-refractivity contribution >= 4 is 29.3 Å². The van der Waals surface area contributed by atoms with Crippen LogP contribution in [0.1, 0.15) is 61.7 Å². The number of carbonyl (C=O) groups excluding carboxylic acids is 4. The van der Waals surface area contributed by atoms with Crippen molar-refractivity contribution in [1.29, 1.82) is 5.26 Å². The van der Waals surface area contributed by atoms with Crippen molar-refractivity contribution in [3.63, 3.8) is 0 Å². The van der Waals surface area contributed by atoms with Gasteiger partial charge in [-0.2, -0.15) is 5.26 Å². The predicted molar refractivity (Wildman–Crippen MR) is 164 cm³/mol. The second kappa shape index (κ2) is 13.2. The van der Waals surface area contributed by atoms with Gasteiger partial charge in [0.2, 0.25) is 17.7 Å². The third kappa shape index (κ3) is 7.93. The van der Waals surface area contributed by atoms with Crippen LogP contribution >= 0.6 is 0 Å². The fraction of sp³-hybridized carbons (Fsp3) is 0.500. The Kier molecular flexibility index (Phi) is 8.92. The van der Waals surface area contributed by atoms with E-state index in [0.29, 0.717) is 35.1 Å². The fourth-order valence-corrected chi connectivity index (χ4v) is 5.55. The van der Waals surface area contributed by atoms with E-state index in [1.807, 2.05) is 18.2 Å². The van der Waals surface area contributed by atoms with Gasteiger partial charge in [-0.25, -0.2) is 0 Å². The van der Waals surface area contributed by atoms with Crippen molar-refractivity contribution in [2.24, 2.45) is 11.8 Å². The van der Waals surface area contributed by atoms with Gasteiger partial charge in [0.15, 0.2) is 11.5 Å². The molecule has 0 aromatic heterocycles. The zero-order valence-electron chi connectivity index (χ0n) is 25.4. The summed E-state index contributed by atoms with van der Waals surface area (Å²) in [4.78, 5) is 55.9. The van der Waals surface area contributed by atoms with Gasteiger partial charge in [0.1, 0.15) is 12.1 Å². The maximum absolute atomic E-state index is 13.6. The van der Waals surface area contributed by atoms with Crippen LogP contribution in [0.3, 0.4) is 0 Å². The lowest BCUT2D eigenvalue weighted by Crippen LogP contribution is -2.51. The molecule has 3 atom stereocenters. The molecule has 0 bridgehead atoms. The number of benzene rings is 2. The molecular formula is C34H39N5O6. The molecule has 3 unspecified atom stereocenters. The first kappa shape index (κ1) is 30.4. The van der Waals surface area contributed by atoms with Crippen LogP contribution in [-0.2, 0) is 14.4 Å². The number of hydrogen-bond acceptors (Lipinski definition) is 7. The van der Waals surface area contributed by atoms with Gasteiger partial charge >= 0.3 is 0 Å². The molecule has 236 valence electrons. The van der Waals surface area contributed by atoms with Gasteiger partial charge in [-0.15, -0.1) is 0 Å². The average molecular weight is 614 g/mol. The molecule has 1 aliphatic heterocycles. The Morgan fingerprint density at radius 2 is 1.67 bits per heavy atom. The summed E-state index contributed by atoms with van der Waals surface area (Å²) in [6.45, 7) is -0.181. The van der Waals surface area contributed by atoms with Gasteiger partial charge in [-0.3, -0.25) is 19.2 Å². The number of nitriles is 1. The number of nitrogens with one attached hydrogen (secondary N) is 2. The summed E-state index contributed by atoms with van der Waals surface area (Å²) >= 11 is 0. The van der Waals surface area contributed by atoms with Gasteiger partial charge in [0.05, 0.1) is 30.7 Å². The zero-order chi connectivity index (χ0) is 31.5. The molecule has 2 aromatic carbocycles. The Morgan fingerprint density at radius 3 is 2.31 bits per heavy atom. The number of likely N-dealkylation sites (tertiary alicyclic amines) is 1. The number of rotatable bonds is 13. The predicted octanol–water partition coefficient (Wildman–Crippen LogP) is 3.51. The number of ether oxygens (including phenoxy) is 2. The average Bonchev–Trinajstić information content (AvgIpc) is 3.93. The van der Waals surface area contributed by atoms with Gasteiger partial charge in [-0.05, 0) is 74.8 Å². The van der Waals surface area contributed by atoms with E-state index >= 15 is 0 Å². The highest BCUT2D eigenvalue weighted by molar-refractivity contribution is 5.99. The molecule has 3 saturated carbocycles. The van der Waals surface area contributed by atoms with Crippen molar-refractivity contribution in [1.82, 2.24) is 15.1 Å². The van der Waals surface area contributed by atoms with Crippen LogP contribution in [0.4, 0.5) is 5.69 Å². The summed E-state index contributed by atoms with van der Waals surface area (Å²) in [5.41, 5.74) is 1.01. The highest BCUT2D eigenvalue weighted by Gasteiger charge is 2.40. The van der Waals surface area contributed by atoms with Crippen LogP contribution in [0.25, 0.3) is 0 Å². The molecule has 3 aliphatic carbocycles. The van der Waals surface area contributed by atoms with Gasteiger partial charge in [-0.1, -0.05) is 31.0 Å². The molecule has 45 heavy (non-hydrogen) atoms. The van der Waals surface area contributed by atoms with Crippen molar-refractivity contribution in [2.45, 2.75) is 75.7 Å². The molecule has 4 amide bonds. The molecule has 4 aliphatic rings. The summed E-state index contributed by atoms with van der Waals surface area (Å²) < 4.78 is 12.0. The largest absolute Gasteiger partial charge is 0.487 e. The van der Waals surface area contributed by atoms with E-state index in [9.17, 15) is 24.4 Å². The zero-order valence-corrected chi connectivity index (χ0v) is 25.4. The number of anilines is 1. The van der Waals surface area contributed by atoms with Gasteiger partial charge in [0, 0.05) is 24.8 Å². The Morgan fingerprint density at radius 1 is 0.978 bits per heavy atom. The van der Waals surface area contributed by atoms with Crippen molar-refractivity contribution in [3.8, 4) is 17.6 Å². The molecule has 1 heterocycles. The Bertz CT molecular complexity index is 1480. The van der Waals surface area contributed by atoms with E-state index in [1.54, 1.807) is 30.3 Å². The number of hydrogen-bond donors (Lipinski definition) is 2. The number of nitrogens with zero attached hydrogens (tertiary/aromatic N) is 3. The van der Waals surface area contributed by atoms with E-state index < -0.39 is 29.8 Å². The topological polar surface area (TPSA) is 141 Å². The van der Waals surface area contributed by atoms with Crippen LogP contribution in [0.15, 0.2) is 48.5 Å². The molecule has 2 N–H and O–H groups in total. The summed E-state index contributed by atoms with van der Waals surface area (Å²) in [5.74, 6) is -0.501. The molecule has 4 fully saturated rings. The molecule has 2 aromatic rings. The smallest absolute Gasteiger partial charge is 0.252 e. The first-order chi connectivity index (χ1) is 21.8. The van der Waals surface area contributed by atoms with Gasteiger partial charge in [0.25, 0.3) is 5.91 Å². The minimum Gasteiger partial charge on any atom is -0.487 e. The highest BCUT2D eigenvalue weighted by atomic mass is 16.5. The van der Waals surface area contributed by atoms with E-state index in [2.05, 4.69) is 16.7 Å². The normalized spacial score (nSPS) is 21.3. The lowest BCUT2D eigenvalue weighted by Gasteiger charge is -2.27. The second-order valence-electron chi connectivity index (χ2n) is 12.7. The first-order valence-electron chi connectivity index (χ1n) is 15.9. The SMILES string of the molecule is CN(CC(=O)N1CC(C(=O)Nc2ccccc2)CC1C#N)C(=O)C(CC1CC1)NC(=O)c1ccc(OC2CC2)c(OC2CC2)c1. The summed E-state index contributed by atoms with van der Waals surface area (Å²) in [7, 11) is 1.52. The van der Waals surface area contributed by atoms with Crippen molar-refractivity contribution < 1.29 is 28.7 Å². The fourth-order valence-electron chi connectivity index (χ4n) is 5.55. The van der Waals surface area contributed by atoms with Gasteiger partial charge < -0.3 is 29.9 Å². The Labute approximate surface area is 262 Å². The molecule has 0 spiro atoms. The van der Waals surface area contributed by atoms with E-state index in [0.717, 1.165) is 38.5 Å². The number of amides is 4. The van der Waals surface area contributed by atoms with Crippen LogP contribution in [0, 0.1) is 23.2 Å². The number of para-hydroxylation sites is 1. The van der Waals surface area contributed by atoms with Crippen molar-refractivity contribution in [3.05, 3.63) is 54.1 Å². The third-order valence-electron chi connectivity index (χ3n) is 8.64. The minimum atomic E-state index is -0.812. The number of likely N-dealkylation sites (N-methyl/N-ethyl adjacent to an activating group) is 1. The lowest BCUT2D eigenvalue weighted by atomic mass is 10.1. The van der Waals surface area contributed by atoms with Crippen LogP contribution < -0.4 is 20.1 Å². The molecule has 11 heteroatoms. The monoisotopic (exact) mass is 613 g/mol. The van der Waals surface area contributed by atoms with Crippen LogP contribution in [-0.4, -0.2) is 77.9 Å². The minimum absolute atomic E-state index is 0.0890. The molecular weight excluding hydrogens is 574 g/mol.